The number of ether oxygens (including phenoxy) is 1. The molecule has 1 fully saturated rings. The summed E-state index contributed by atoms with van der Waals surface area (Å²) in [5.74, 6) is 0. The first-order chi connectivity index (χ1) is 11.4. The standard InChI is InChI=1S/C15H18F3N3OS2/c1-10-2-3-12(23-10)11(21-4-6-22-7-5-21)8-19-14-20-9-13(24-14)15(16,17)18/h2-3,9,11H,4-8H2,1H3,(H,19,20). The van der Waals surface area contributed by atoms with Gasteiger partial charge in [-0.25, -0.2) is 4.98 Å². The summed E-state index contributed by atoms with van der Waals surface area (Å²) in [6.45, 7) is 5.55. The third kappa shape index (κ3) is 4.27. The van der Waals surface area contributed by atoms with Crippen LogP contribution in [0, 0.1) is 6.92 Å². The molecule has 9 heteroatoms. The quantitative estimate of drug-likeness (QED) is 0.854. The number of hydrogen-bond donors (Lipinski definition) is 1. The monoisotopic (exact) mass is 377 g/mol. The molecule has 24 heavy (non-hydrogen) atoms. The van der Waals surface area contributed by atoms with Gasteiger partial charge in [-0.05, 0) is 19.1 Å². The van der Waals surface area contributed by atoms with Crippen LogP contribution in [0.5, 0.6) is 0 Å². The highest BCUT2D eigenvalue weighted by Crippen LogP contribution is 2.35. The van der Waals surface area contributed by atoms with Gasteiger partial charge < -0.3 is 10.1 Å². The molecule has 132 valence electrons. The molecule has 0 bridgehead atoms. The van der Waals surface area contributed by atoms with Crippen molar-refractivity contribution in [3.63, 3.8) is 0 Å². The van der Waals surface area contributed by atoms with Gasteiger partial charge in [-0.15, -0.1) is 11.3 Å². The molecular formula is C15H18F3N3OS2. The number of nitrogens with one attached hydrogen (secondary N) is 1. The van der Waals surface area contributed by atoms with Crippen LogP contribution in [-0.4, -0.2) is 42.7 Å². The third-order valence-corrected chi connectivity index (χ3v) is 5.91. The topological polar surface area (TPSA) is 37.4 Å². The van der Waals surface area contributed by atoms with Crippen LogP contribution in [0.3, 0.4) is 0 Å². The zero-order valence-corrected chi connectivity index (χ0v) is 14.7. The van der Waals surface area contributed by atoms with Crippen LogP contribution >= 0.6 is 22.7 Å². The van der Waals surface area contributed by atoms with Crippen LogP contribution in [-0.2, 0) is 10.9 Å². The van der Waals surface area contributed by atoms with Crippen LogP contribution in [0.1, 0.15) is 20.7 Å². The number of alkyl halides is 3. The summed E-state index contributed by atoms with van der Waals surface area (Å²) in [4.78, 5) is 7.89. The van der Waals surface area contributed by atoms with E-state index in [1.54, 1.807) is 11.3 Å². The summed E-state index contributed by atoms with van der Waals surface area (Å²) in [6.07, 6.45) is -3.46. The minimum absolute atomic E-state index is 0.103. The van der Waals surface area contributed by atoms with Crippen molar-refractivity contribution >= 4 is 27.8 Å². The lowest BCUT2D eigenvalue weighted by Crippen LogP contribution is -2.41. The Morgan fingerprint density at radius 3 is 2.62 bits per heavy atom. The fourth-order valence-corrected chi connectivity index (χ4v) is 4.30. The Bertz CT molecular complexity index is 665. The lowest BCUT2D eigenvalue weighted by Gasteiger charge is -2.34. The minimum Gasteiger partial charge on any atom is -0.379 e. The molecule has 2 aromatic heterocycles. The lowest BCUT2D eigenvalue weighted by atomic mass is 10.2. The molecule has 0 spiro atoms. The van der Waals surface area contributed by atoms with E-state index in [4.69, 9.17) is 4.74 Å². The highest BCUT2D eigenvalue weighted by molar-refractivity contribution is 7.15. The molecule has 0 radical (unpaired) electrons. The summed E-state index contributed by atoms with van der Waals surface area (Å²) in [6, 6.07) is 4.26. The van der Waals surface area contributed by atoms with Gasteiger partial charge in [0.2, 0.25) is 0 Å². The number of aromatic nitrogens is 1. The van der Waals surface area contributed by atoms with Crippen molar-refractivity contribution in [2.45, 2.75) is 19.1 Å². The van der Waals surface area contributed by atoms with E-state index in [-0.39, 0.29) is 6.04 Å². The Morgan fingerprint density at radius 1 is 1.29 bits per heavy atom. The Morgan fingerprint density at radius 2 is 2.04 bits per heavy atom. The number of thiophene rings is 1. The summed E-state index contributed by atoms with van der Waals surface area (Å²) < 4.78 is 43.4. The number of anilines is 1. The minimum atomic E-state index is -4.34. The highest BCUT2D eigenvalue weighted by Gasteiger charge is 2.33. The Labute approximate surface area is 146 Å². The predicted molar refractivity (Wildman–Crippen MR) is 89.8 cm³/mol. The van der Waals surface area contributed by atoms with Crippen LogP contribution in [0.15, 0.2) is 18.3 Å². The van der Waals surface area contributed by atoms with Crippen molar-refractivity contribution in [3.8, 4) is 0 Å². The van der Waals surface area contributed by atoms with E-state index in [9.17, 15) is 13.2 Å². The molecule has 0 aromatic carbocycles. The second-order valence-electron chi connectivity index (χ2n) is 5.52. The van der Waals surface area contributed by atoms with E-state index in [1.165, 1.54) is 9.75 Å². The molecule has 1 N–H and O–H groups in total. The first-order valence-electron chi connectivity index (χ1n) is 7.58. The SMILES string of the molecule is Cc1ccc(C(CNc2ncc(C(F)(F)F)s2)N2CCOCC2)s1. The smallest absolute Gasteiger partial charge is 0.379 e. The van der Waals surface area contributed by atoms with Crippen molar-refractivity contribution in [1.29, 1.82) is 0 Å². The summed E-state index contributed by atoms with van der Waals surface area (Å²) in [7, 11) is 0. The average Bonchev–Trinajstić information content (AvgIpc) is 3.18. The molecule has 1 atom stereocenters. The Hall–Kier alpha value is -1.16. The maximum absolute atomic E-state index is 12.7. The second-order valence-corrected chi connectivity index (χ2v) is 7.87. The van der Waals surface area contributed by atoms with Crippen LogP contribution in [0.2, 0.25) is 0 Å². The first kappa shape index (κ1) is 17.7. The van der Waals surface area contributed by atoms with Gasteiger partial charge in [0.1, 0.15) is 4.88 Å². The number of morpholine rings is 1. The predicted octanol–water partition coefficient (Wildman–Crippen LogP) is 4.02. The molecule has 1 aliphatic rings. The Kier molecular flexibility index (Phi) is 5.43. The van der Waals surface area contributed by atoms with Crippen molar-refractivity contribution in [3.05, 3.63) is 33.0 Å². The molecular weight excluding hydrogens is 359 g/mol. The Balaban J connectivity index is 1.71. The van der Waals surface area contributed by atoms with Gasteiger partial charge in [-0.2, -0.15) is 13.2 Å². The van der Waals surface area contributed by atoms with Crippen molar-refractivity contribution < 1.29 is 17.9 Å². The zero-order chi connectivity index (χ0) is 17.2. The summed E-state index contributed by atoms with van der Waals surface area (Å²) >= 11 is 2.36. The lowest BCUT2D eigenvalue weighted by molar-refractivity contribution is -0.134. The molecule has 1 unspecified atom stereocenters. The second kappa shape index (κ2) is 7.38. The number of halogens is 3. The molecule has 1 saturated heterocycles. The van der Waals surface area contributed by atoms with Crippen molar-refractivity contribution in [2.24, 2.45) is 0 Å². The van der Waals surface area contributed by atoms with Gasteiger partial charge in [0, 0.05) is 29.4 Å². The molecule has 1 aliphatic heterocycles. The normalized spacial score (nSPS) is 17.8. The molecule has 0 amide bonds. The fourth-order valence-electron chi connectivity index (χ4n) is 2.60. The van der Waals surface area contributed by atoms with Crippen molar-refractivity contribution in [2.75, 3.05) is 38.2 Å². The van der Waals surface area contributed by atoms with E-state index in [0.717, 1.165) is 19.3 Å². The highest BCUT2D eigenvalue weighted by atomic mass is 32.1. The number of aryl methyl sites for hydroxylation is 1. The largest absolute Gasteiger partial charge is 0.427 e. The zero-order valence-electron chi connectivity index (χ0n) is 13.1. The van der Waals surface area contributed by atoms with Crippen LogP contribution in [0.4, 0.5) is 18.3 Å². The number of nitrogens with zero attached hydrogens (tertiary/aromatic N) is 2. The van der Waals surface area contributed by atoms with E-state index in [1.807, 2.05) is 0 Å². The molecule has 3 heterocycles. The summed E-state index contributed by atoms with van der Waals surface area (Å²) in [5, 5.41) is 3.37. The molecule has 3 rings (SSSR count). The summed E-state index contributed by atoms with van der Waals surface area (Å²) in [5.41, 5.74) is 0. The van der Waals surface area contributed by atoms with Gasteiger partial charge in [0.25, 0.3) is 0 Å². The van der Waals surface area contributed by atoms with Gasteiger partial charge in [-0.3, -0.25) is 4.90 Å². The van der Waals surface area contributed by atoms with E-state index in [2.05, 4.69) is 34.3 Å². The molecule has 0 saturated carbocycles. The van der Waals surface area contributed by atoms with E-state index >= 15 is 0 Å². The molecule has 2 aromatic rings. The van der Waals surface area contributed by atoms with Gasteiger partial charge in [0.05, 0.1) is 25.5 Å². The van der Waals surface area contributed by atoms with E-state index < -0.39 is 11.1 Å². The van der Waals surface area contributed by atoms with Gasteiger partial charge in [-0.1, -0.05) is 11.3 Å². The third-order valence-electron chi connectivity index (χ3n) is 3.81. The van der Waals surface area contributed by atoms with Gasteiger partial charge in [0.15, 0.2) is 5.13 Å². The number of hydrogen-bond acceptors (Lipinski definition) is 6. The number of rotatable bonds is 5. The maximum Gasteiger partial charge on any atom is 0.427 e. The average molecular weight is 377 g/mol. The molecule has 4 nitrogen and oxygen atoms in total. The van der Waals surface area contributed by atoms with E-state index in [0.29, 0.717) is 36.2 Å². The maximum atomic E-state index is 12.7. The van der Waals surface area contributed by atoms with Crippen LogP contribution in [0.25, 0.3) is 0 Å². The number of thiazole rings is 1. The molecule has 0 aliphatic carbocycles. The van der Waals surface area contributed by atoms with Crippen LogP contribution < -0.4 is 5.32 Å². The van der Waals surface area contributed by atoms with Gasteiger partial charge >= 0.3 is 6.18 Å². The first-order valence-corrected chi connectivity index (χ1v) is 9.22. The van der Waals surface area contributed by atoms with Crippen molar-refractivity contribution in [1.82, 2.24) is 9.88 Å². The fraction of sp³-hybridized carbons (Fsp3) is 0.533.